The Hall–Kier alpha value is -3.26. The molecule has 0 spiro atoms. The summed E-state index contributed by atoms with van der Waals surface area (Å²) < 4.78 is 11.3. The third-order valence-corrected chi connectivity index (χ3v) is 9.81. The molecule has 2 saturated heterocycles. The molecule has 3 fully saturated rings. The smallest absolute Gasteiger partial charge is 0.410 e. The summed E-state index contributed by atoms with van der Waals surface area (Å²) in [7, 11) is 0. The van der Waals surface area contributed by atoms with E-state index in [1.54, 1.807) is 20.8 Å². The molecule has 2 aliphatic heterocycles. The van der Waals surface area contributed by atoms with E-state index < -0.39 is 17.7 Å². The second kappa shape index (κ2) is 14.7. The summed E-state index contributed by atoms with van der Waals surface area (Å²) in [6.45, 7) is 15.4. The lowest BCUT2D eigenvalue weighted by Crippen LogP contribution is -2.51. The first-order chi connectivity index (χ1) is 21.5. The summed E-state index contributed by atoms with van der Waals surface area (Å²) in [5.41, 5.74) is -0.404. The number of amides is 3. The van der Waals surface area contributed by atoms with Crippen LogP contribution in [0.3, 0.4) is 0 Å². The fourth-order valence-corrected chi connectivity index (χ4v) is 7.07. The van der Waals surface area contributed by atoms with Crippen LogP contribution in [0.25, 0.3) is 0 Å². The van der Waals surface area contributed by atoms with Crippen molar-refractivity contribution in [2.75, 3.05) is 31.1 Å². The SMILES string of the molecule is CC1CCC(C(=O)N(c2cc(C#CC(C)(C)C)sc2C(=O)O)C2CCN(C(=O)OC3CCN(C(=O)OC(C)(C)C)CC3)CC2)CC1. The molecule has 0 bridgehead atoms. The van der Waals surface area contributed by atoms with Crippen molar-refractivity contribution in [3.8, 4) is 11.8 Å². The lowest BCUT2D eigenvalue weighted by molar-refractivity contribution is -0.124. The molecule has 1 aromatic rings. The van der Waals surface area contributed by atoms with E-state index in [4.69, 9.17) is 9.47 Å². The number of rotatable bonds is 5. The van der Waals surface area contributed by atoms with Gasteiger partial charge in [0, 0.05) is 56.4 Å². The van der Waals surface area contributed by atoms with E-state index in [-0.39, 0.29) is 40.4 Å². The predicted octanol–water partition coefficient (Wildman–Crippen LogP) is 7.00. The quantitative estimate of drug-likeness (QED) is 0.339. The van der Waals surface area contributed by atoms with Gasteiger partial charge in [-0.1, -0.05) is 18.8 Å². The highest BCUT2D eigenvalue weighted by Gasteiger charge is 2.38. The van der Waals surface area contributed by atoms with Crippen molar-refractivity contribution in [2.24, 2.45) is 17.3 Å². The van der Waals surface area contributed by atoms with Crippen LogP contribution in [0.15, 0.2) is 6.07 Å². The number of hydrogen-bond acceptors (Lipinski definition) is 7. The van der Waals surface area contributed by atoms with Gasteiger partial charge in [-0.05, 0) is 92.1 Å². The van der Waals surface area contributed by atoms with E-state index in [0.717, 1.165) is 37.0 Å². The van der Waals surface area contributed by atoms with Crippen molar-refractivity contribution in [2.45, 2.75) is 118 Å². The summed E-state index contributed by atoms with van der Waals surface area (Å²) in [6, 6.07) is 1.52. The Morgan fingerprint density at radius 1 is 0.870 bits per heavy atom. The fraction of sp³-hybridized carbons (Fsp3) is 0.714. The van der Waals surface area contributed by atoms with Crippen LogP contribution in [0.4, 0.5) is 15.3 Å². The normalized spacial score (nSPS) is 21.6. The van der Waals surface area contributed by atoms with Crippen LogP contribution in [-0.2, 0) is 14.3 Å². The molecule has 46 heavy (non-hydrogen) atoms. The standard InChI is InChI=1S/C35H51N3O7S/c1-23-8-10-24(11-9-23)30(39)38(28-22-27(12-17-34(2,3)4)46-29(28)31(40)41)25-13-18-36(19-14-25)32(42)44-26-15-20-37(21-16-26)33(43)45-35(5,6)7/h22-26H,8-11,13-16,18-21H2,1-7H3,(H,40,41). The predicted molar refractivity (Wildman–Crippen MR) is 178 cm³/mol. The zero-order chi connectivity index (χ0) is 33.8. The second-order valence-electron chi connectivity index (χ2n) is 15.1. The maximum absolute atomic E-state index is 14.2. The van der Waals surface area contributed by atoms with Crippen LogP contribution in [0.1, 0.15) is 114 Å². The monoisotopic (exact) mass is 657 g/mol. The first-order valence-electron chi connectivity index (χ1n) is 16.7. The number of piperidine rings is 2. The van der Waals surface area contributed by atoms with Gasteiger partial charge in [0.1, 0.15) is 16.6 Å². The van der Waals surface area contributed by atoms with Crippen LogP contribution in [-0.4, -0.2) is 82.9 Å². The number of carbonyl (C=O) groups is 4. The first kappa shape index (κ1) is 35.6. The molecule has 0 unspecified atom stereocenters. The minimum absolute atomic E-state index is 0.0275. The second-order valence-corrected chi connectivity index (χ2v) is 16.1. The molecular weight excluding hydrogens is 606 g/mol. The number of thiophene rings is 1. The molecule has 3 amide bonds. The Morgan fingerprint density at radius 2 is 1.43 bits per heavy atom. The van der Waals surface area contributed by atoms with Crippen molar-refractivity contribution in [1.82, 2.24) is 9.80 Å². The molecule has 3 heterocycles. The van der Waals surface area contributed by atoms with Crippen LogP contribution in [0.5, 0.6) is 0 Å². The Labute approximate surface area is 277 Å². The molecule has 1 aliphatic carbocycles. The number of carboxylic acids is 1. The molecular formula is C35H51N3O7S. The number of aromatic carboxylic acids is 1. The molecule has 0 radical (unpaired) electrons. The van der Waals surface area contributed by atoms with Gasteiger partial charge in [-0.3, -0.25) is 4.79 Å². The zero-order valence-corrected chi connectivity index (χ0v) is 29.3. The maximum atomic E-state index is 14.2. The number of carbonyl (C=O) groups excluding carboxylic acids is 3. The minimum atomic E-state index is -1.07. The number of ether oxygens (including phenoxy) is 2. The van der Waals surface area contributed by atoms with E-state index in [2.05, 4.69) is 18.8 Å². The molecule has 1 aromatic heterocycles. The highest BCUT2D eigenvalue weighted by molar-refractivity contribution is 7.15. The van der Waals surface area contributed by atoms with E-state index in [1.807, 2.05) is 41.5 Å². The molecule has 0 atom stereocenters. The van der Waals surface area contributed by atoms with E-state index in [1.165, 1.54) is 0 Å². The summed E-state index contributed by atoms with van der Waals surface area (Å²) in [5.74, 6) is 5.63. The van der Waals surface area contributed by atoms with Gasteiger partial charge in [0.15, 0.2) is 0 Å². The van der Waals surface area contributed by atoms with Crippen molar-refractivity contribution in [3.63, 3.8) is 0 Å². The number of anilines is 1. The summed E-state index contributed by atoms with van der Waals surface area (Å²) >= 11 is 1.11. The molecule has 10 nitrogen and oxygen atoms in total. The largest absolute Gasteiger partial charge is 0.477 e. The lowest BCUT2D eigenvalue weighted by Gasteiger charge is -2.40. The average molecular weight is 658 g/mol. The number of carboxylic acid groups (broad SMARTS) is 1. The summed E-state index contributed by atoms with van der Waals surface area (Å²) in [4.78, 5) is 58.0. The van der Waals surface area contributed by atoms with Gasteiger partial charge in [0.2, 0.25) is 5.91 Å². The minimum Gasteiger partial charge on any atom is -0.477 e. The third-order valence-electron chi connectivity index (χ3n) is 8.78. The van der Waals surface area contributed by atoms with Crippen molar-refractivity contribution in [3.05, 3.63) is 15.8 Å². The van der Waals surface area contributed by atoms with Crippen molar-refractivity contribution in [1.29, 1.82) is 0 Å². The third kappa shape index (κ3) is 9.63. The molecule has 254 valence electrons. The van der Waals surface area contributed by atoms with Crippen LogP contribution in [0, 0.1) is 29.1 Å². The van der Waals surface area contributed by atoms with E-state index in [9.17, 15) is 24.3 Å². The molecule has 1 N–H and O–H groups in total. The van der Waals surface area contributed by atoms with E-state index in [0.29, 0.717) is 68.3 Å². The highest BCUT2D eigenvalue weighted by atomic mass is 32.1. The Bertz CT molecular complexity index is 1320. The van der Waals surface area contributed by atoms with Crippen molar-refractivity contribution >= 4 is 41.1 Å². The molecule has 1 saturated carbocycles. The highest BCUT2D eigenvalue weighted by Crippen LogP contribution is 2.38. The average Bonchev–Trinajstić information content (AvgIpc) is 3.40. The van der Waals surface area contributed by atoms with Crippen LogP contribution in [0.2, 0.25) is 0 Å². The van der Waals surface area contributed by atoms with Gasteiger partial charge < -0.3 is 29.3 Å². The van der Waals surface area contributed by atoms with Crippen LogP contribution < -0.4 is 4.90 Å². The van der Waals surface area contributed by atoms with Gasteiger partial charge >= 0.3 is 18.2 Å². The summed E-state index contributed by atoms with van der Waals surface area (Å²) in [6.07, 6.45) is 4.60. The fourth-order valence-electron chi connectivity index (χ4n) is 6.23. The molecule has 3 aliphatic rings. The Kier molecular flexibility index (Phi) is 11.3. The topological polar surface area (TPSA) is 117 Å². The summed E-state index contributed by atoms with van der Waals surface area (Å²) in [5, 5.41) is 10.2. The Morgan fingerprint density at radius 3 is 1.98 bits per heavy atom. The van der Waals surface area contributed by atoms with E-state index >= 15 is 0 Å². The van der Waals surface area contributed by atoms with Gasteiger partial charge in [0.25, 0.3) is 0 Å². The van der Waals surface area contributed by atoms with Crippen LogP contribution >= 0.6 is 11.3 Å². The molecule has 4 rings (SSSR count). The molecule has 11 heteroatoms. The Balaban J connectivity index is 1.44. The lowest BCUT2D eigenvalue weighted by atomic mass is 9.82. The first-order valence-corrected chi connectivity index (χ1v) is 17.5. The van der Waals surface area contributed by atoms with Gasteiger partial charge in [-0.25, -0.2) is 14.4 Å². The number of likely N-dealkylation sites (tertiary alicyclic amines) is 2. The van der Waals surface area contributed by atoms with Gasteiger partial charge in [0.05, 0.1) is 10.6 Å². The zero-order valence-electron chi connectivity index (χ0n) is 28.5. The van der Waals surface area contributed by atoms with Gasteiger partial charge in [-0.15, -0.1) is 11.3 Å². The number of hydrogen-bond donors (Lipinski definition) is 1. The molecule has 0 aromatic carbocycles. The van der Waals surface area contributed by atoms with Gasteiger partial charge in [-0.2, -0.15) is 0 Å². The number of nitrogens with zero attached hydrogens (tertiary/aromatic N) is 3. The van der Waals surface area contributed by atoms with Crippen molar-refractivity contribution < 1.29 is 33.8 Å². The maximum Gasteiger partial charge on any atom is 0.410 e.